The minimum Gasteiger partial charge on any atom is -0.451 e. The lowest BCUT2D eigenvalue weighted by Gasteiger charge is -2.34. The van der Waals surface area contributed by atoms with Crippen molar-refractivity contribution >= 4 is 24.1 Å². The van der Waals surface area contributed by atoms with Crippen molar-refractivity contribution in [2.45, 2.75) is 70.5 Å². The largest absolute Gasteiger partial charge is 0.451 e. The lowest BCUT2D eigenvalue weighted by molar-refractivity contribution is -0.138. The van der Waals surface area contributed by atoms with Gasteiger partial charge in [0.2, 0.25) is 11.8 Å². The number of rotatable bonds is 13. The molecular formula is C46H51FN8O4. The summed E-state index contributed by atoms with van der Waals surface area (Å²) in [6.07, 6.45) is 9.26. The zero-order valence-corrected chi connectivity index (χ0v) is 33.8. The van der Waals surface area contributed by atoms with Crippen LogP contribution in [-0.4, -0.2) is 92.0 Å². The Labute approximate surface area is 343 Å². The highest BCUT2D eigenvalue weighted by molar-refractivity contribution is 5.97. The van der Waals surface area contributed by atoms with Gasteiger partial charge in [0.25, 0.3) is 0 Å². The summed E-state index contributed by atoms with van der Waals surface area (Å²) in [5.74, 6) is 0.691. The number of amides is 3. The normalized spacial score (nSPS) is 19.1. The van der Waals surface area contributed by atoms with Gasteiger partial charge in [0.15, 0.2) is 0 Å². The maximum Gasteiger partial charge on any atom is 0.432 e. The first kappa shape index (κ1) is 39.9. The second-order valence-electron chi connectivity index (χ2n) is 15.7. The Morgan fingerprint density at radius 1 is 0.814 bits per heavy atom. The molecule has 3 aromatic carbocycles. The van der Waals surface area contributed by atoms with Crippen LogP contribution in [0.2, 0.25) is 0 Å². The lowest BCUT2D eigenvalue weighted by atomic mass is 10.0. The highest BCUT2D eigenvalue weighted by Gasteiger charge is 2.42. The highest BCUT2D eigenvalue weighted by Crippen LogP contribution is 2.41. The van der Waals surface area contributed by atoms with Crippen molar-refractivity contribution in [2.75, 3.05) is 33.3 Å². The number of benzene rings is 3. The molecular weight excluding hydrogens is 748 g/mol. The molecule has 3 amide bonds. The fraction of sp³-hybridized carbons (Fsp3) is 0.391. The minimum absolute atomic E-state index is 0.0781. The number of nitrogens with one attached hydrogen (secondary N) is 2. The Kier molecular flexibility index (Phi) is 11.8. The number of aromatic nitrogens is 4. The molecule has 306 valence electrons. The molecule has 1 unspecified atom stereocenters. The summed E-state index contributed by atoms with van der Waals surface area (Å²) in [6, 6.07) is 22.4. The van der Waals surface area contributed by atoms with Crippen LogP contribution in [0.3, 0.4) is 0 Å². The van der Waals surface area contributed by atoms with E-state index in [1.807, 2.05) is 76.7 Å². The first-order chi connectivity index (χ1) is 28.8. The number of carbonyl (C=O) groups excluding carboxylic acids is 3. The molecule has 0 spiro atoms. The van der Waals surface area contributed by atoms with Crippen LogP contribution in [0.4, 0.5) is 9.18 Å². The van der Waals surface area contributed by atoms with E-state index in [9.17, 15) is 14.4 Å². The number of aromatic amines is 2. The van der Waals surface area contributed by atoms with Gasteiger partial charge in [-0.1, -0.05) is 74.5 Å². The Hall–Kier alpha value is -5.95. The molecule has 2 saturated heterocycles. The first-order valence-electron chi connectivity index (χ1n) is 20.8. The SMILES string of the molecule is CCN(CC)[C@@H](C(=O)N1CCC[C@H]1c1ncc(-c2ccc(-c3ccc(-c4cnc([C@@H]5CCCN5C(=O)C(/C=N/C(=O)OC)C5CC5)[nH]4)c(F)c3)cc2)[nH]1)c1ccccc1. The number of hydrogen-bond acceptors (Lipinski definition) is 7. The van der Waals surface area contributed by atoms with Crippen molar-refractivity contribution in [1.29, 1.82) is 0 Å². The highest BCUT2D eigenvalue weighted by atomic mass is 19.1. The molecule has 3 aliphatic rings. The number of carbonyl (C=O) groups is 3. The fourth-order valence-corrected chi connectivity index (χ4v) is 8.80. The smallest absolute Gasteiger partial charge is 0.432 e. The molecule has 59 heavy (non-hydrogen) atoms. The van der Waals surface area contributed by atoms with Crippen LogP contribution >= 0.6 is 0 Å². The van der Waals surface area contributed by atoms with Crippen LogP contribution in [0, 0.1) is 17.7 Å². The van der Waals surface area contributed by atoms with E-state index in [4.69, 9.17) is 4.98 Å². The number of likely N-dealkylation sites (tertiary alicyclic amines) is 2. The summed E-state index contributed by atoms with van der Waals surface area (Å²) in [5.41, 5.74) is 5.31. The van der Waals surface area contributed by atoms with Gasteiger partial charge in [0.1, 0.15) is 23.5 Å². The molecule has 2 aromatic heterocycles. The molecule has 0 radical (unpaired) electrons. The second kappa shape index (κ2) is 17.5. The van der Waals surface area contributed by atoms with Crippen molar-refractivity contribution < 1.29 is 23.5 Å². The van der Waals surface area contributed by atoms with Crippen LogP contribution in [0.5, 0.6) is 0 Å². The van der Waals surface area contributed by atoms with Crippen molar-refractivity contribution in [1.82, 2.24) is 34.6 Å². The molecule has 12 nitrogen and oxygen atoms in total. The summed E-state index contributed by atoms with van der Waals surface area (Å²) in [6.45, 7) is 6.99. The van der Waals surface area contributed by atoms with E-state index >= 15 is 4.39 Å². The average Bonchev–Trinajstić information content (AvgIpc) is 3.74. The van der Waals surface area contributed by atoms with Gasteiger partial charge in [-0.2, -0.15) is 4.99 Å². The average molecular weight is 799 g/mol. The Bertz CT molecular complexity index is 2300. The molecule has 2 N–H and O–H groups in total. The Morgan fingerprint density at radius 3 is 2.02 bits per heavy atom. The predicted octanol–water partition coefficient (Wildman–Crippen LogP) is 8.55. The third-order valence-corrected chi connectivity index (χ3v) is 12.1. The number of ether oxygens (including phenoxy) is 1. The molecule has 2 aliphatic heterocycles. The minimum atomic E-state index is -0.726. The predicted molar refractivity (Wildman–Crippen MR) is 224 cm³/mol. The van der Waals surface area contributed by atoms with Crippen molar-refractivity contribution in [3.63, 3.8) is 0 Å². The van der Waals surface area contributed by atoms with Gasteiger partial charge in [-0.25, -0.2) is 19.2 Å². The third kappa shape index (κ3) is 8.34. The zero-order chi connectivity index (χ0) is 41.0. The number of methoxy groups -OCH3 is 1. The van der Waals surface area contributed by atoms with Gasteiger partial charge >= 0.3 is 6.09 Å². The van der Waals surface area contributed by atoms with Gasteiger partial charge in [-0.3, -0.25) is 14.5 Å². The van der Waals surface area contributed by atoms with E-state index in [2.05, 4.69) is 43.4 Å². The van der Waals surface area contributed by atoms with Crippen LogP contribution in [0.25, 0.3) is 33.6 Å². The molecule has 0 bridgehead atoms. The number of aliphatic imine (C=N–C) groups is 1. The van der Waals surface area contributed by atoms with Gasteiger partial charge in [-0.15, -0.1) is 0 Å². The standard InChI is InChI=1S/C46H51FN8O4/c1-4-53(5-2)41(32-11-7-6-8-12-32)45(57)55-24-10-14-40(55)42-48-27-37(51-42)31-19-15-29(16-20-31)33-21-22-34(36(47)25-33)38-28-49-43(52-38)39-13-9-23-54(39)44(56)35(30-17-18-30)26-50-46(58)59-3/h6-8,11-12,15-16,19-22,25-28,30,35,39-41H,4-5,9-10,13-14,17-18,23-24H2,1-3H3,(H,48,51)(H,49,52)/b50-26+/t35?,39-,40-,41+/m0/s1. The van der Waals surface area contributed by atoms with Crippen LogP contribution in [-0.2, 0) is 14.3 Å². The molecule has 4 atom stereocenters. The van der Waals surface area contributed by atoms with Crippen LogP contribution < -0.4 is 0 Å². The molecule has 1 aliphatic carbocycles. The first-order valence-corrected chi connectivity index (χ1v) is 20.8. The van der Waals surface area contributed by atoms with Gasteiger partial charge in [-0.05, 0) is 91.9 Å². The van der Waals surface area contributed by atoms with E-state index in [0.717, 1.165) is 85.4 Å². The third-order valence-electron chi connectivity index (χ3n) is 12.1. The number of nitrogens with zero attached hydrogens (tertiary/aromatic N) is 6. The monoisotopic (exact) mass is 798 g/mol. The van der Waals surface area contributed by atoms with E-state index in [-0.39, 0.29) is 35.9 Å². The number of H-pyrrole nitrogens is 2. The van der Waals surface area contributed by atoms with E-state index < -0.39 is 17.8 Å². The van der Waals surface area contributed by atoms with E-state index in [1.165, 1.54) is 19.4 Å². The summed E-state index contributed by atoms with van der Waals surface area (Å²) in [4.78, 5) is 65.5. The van der Waals surface area contributed by atoms with E-state index in [1.54, 1.807) is 12.3 Å². The fourth-order valence-electron chi connectivity index (χ4n) is 8.80. The number of halogens is 1. The van der Waals surface area contributed by atoms with Gasteiger partial charge in [0.05, 0.1) is 48.9 Å². The van der Waals surface area contributed by atoms with Gasteiger partial charge in [0, 0.05) is 24.9 Å². The quantitative estimate of drug-likeness (QED) is 0.114. The molecule has 5 aromatic rings. The summed E-state index contributed by atoms with van der Waals surface area (Å²) < 4.78 is 20.4. The van der Waals surface area contributed by atoms with Crippen molar-refractivity contribution in [2.24, 2.45) is 16.8 Å². The Morgan fingerprint density at radius 2 is 1.41 bits per heavy atom. The molecule has 8 rings (SSSR count). The molecule has 4 heterocycles. The van der Waals surface area contributed by atoms with Crippen LogP contribution in [0.1, 0.15) is 87.7 Å². The zero-order valence-electron chi connectivity index (χ0n) is 33.8. The number of hydrogen-bond donors (Lipinski definition) is 2. The maximum absolute atomic E-state index is 15.8. The maximum atomic E-state index is 15.8. The van der Waals surface area contributed by atoms with E-state index in [0.29, 0.717) is 30.2 Å². The Balaban J connectivity index is 0.942. The number of likely N-dealkylation sites (N-methyl/N-ethyl adjacent to an activating group) is 1. The van der Waals surface area contributed by atoms with Gasteiger partial charge < -0.3 is 24.5 Å². The van der Waals surface area contributed by atoms with Crippen molar-refractivity contribution in [3.05, 3.63) is 108 Å². The summed E-state index contributed by atoms with van der Waals surface area (Å²) in [5, 5.41) is 0. The second-order valence-corrected chi connectivity index (χ2v) is 15.7. The summed E-state index contributed by atoms with van der Waals surface area (Å²) in [7, 11) is 1.26. The summed E-state index contributed by atoms with van der Waals surface area (Å²) >= 11 is 0. The lowest BCUT2D eigenvalue weighted by Crippen LogP contribution is -2.43. The van der Waals surface area contributed by atoms with Crippen LogP contribution in [0.15, 0.2) is 90.2 Å². The molecule has 1 saturated carbocycles. The number of imidazole rings is 2. The molecule has 13 heteroatoms. The topological polar surface area (TPSA) is 140 Å². The van der Waals surface area contributed by atoms with Crippen molar-refractivity contribution in [3.8, 4) is 33.6 Å². The molecule has 3 fully saturated rings.